The summed E-state index contributed by atoms with van der Waals surface area (Å²) in [6.45, 7) is 1.45. The van der Waals surface area contributed by atoms with Crippen molar-refractivity contribution in [1.29, 1.82) is 0 Å². The molecule has 2 heterocycles. The molecular weight excluding hydrogens is 266 g/mol. The van der Waals surface area contributed by atoms with Crippen LogP contribution in [-0.2, 0) is 11.3 Å². The van der Waals surface area contributed by atoms with Crippen LogP contribution in [0.1, 0.15) is 25.0 Å². The zero-order chi connectivity index (χ0) is 14.7. The molecule has 1 fully saturated rings. The van der Waals surface area contributed by atoms with Gasteiger partial charge in [0.25, 0.3) is 0 Å². The fraction of sp³-hybridized carbons (Fsp3) is 0.375. The summed E-state index contributed by atoms with van der Waals surface area (Å²) >= 11 is 0. The second-order valence-electron chi connectivity index (χ2n) is 5.43. The predicted molar refractivity (Wildman–Crippen MR) is 79.2 cm³/mol. The maximum atomic E-state index is 11.5. The van der Waals surface area contributed by atoms with Crippen molar-refractivity contribution in [3.63, 3.8) is 0 Å². The summed E-state index contributed by atoms with van der Waals surface area (Å²) in [7, 11) is 0. The molecule has 5 heteroatoms. The molecule has 0 saturated carbocycles. The van der Waals surface area contributed by atoms with Crippen LogP contribution in [0.15, 0.2) is 40.9 Å². The van der Waals surface area contributed by atoms with Gasteiger partial charge in [-0.3, -0.25) is 9.69 Å². The molecule has 21 heavy (non-hydrogen) atoms. The molecule has 5 nitrogen and oxygen atoms in total. The van der Waals surface area contributed by atoms with Crippen LogP contribution < -0.4 is 5.73 Å². The van der Waals surface area contributed by atoms with E-state index in [2.05, 4.69) is 10.1 Å². The molecule has 2 N–H and O–H groups in total. The average molecular weight is 285 g/mol. The SMILES string of the molecule is NC(=O)C1CCCCN1Cc1cc(-c2ccccc2)no1. The molecule has 1 aromatic heterocycles. The zero-order valence-electron chi connectivity index (χ0n) is 11.9. The monoisotopic (exact) mass is 285 g/mol. The fourth-order valence-electron chi connectivity index (χ4n) is 2.84. The van der Waals surface area contributed by atoms with Crippen molar-refractivity contribution in [2.45, 2.75) is 31.8 Å². The number of carbonyl (C=O) groups excluding carboxylic acids is 1. The van der Waals surface area contributed by atoms with Crippen LogP contribution in [0.25, 0.3) is 11.3 Å². The summed E-state index contributed by atoms with van der Waals surface area (Å²) in [6.07, 6.45) is 2.97. The van der Waals surface area contributed by atoms with Gasteiger partial charge in [-0.25, -0.2) is 0 Å². The van der Waals surface area contributed by atoms with E-state index in [1.54, 1.807) is 0 Å². The molecule has 1 unspecified atom stereocenters. The second kappa shape index (κ2) is 6.10. The van der Waals surface area contributed by atoms with Crippen LogP contribution in [0.4, 0.5) is 0 Å². The van der Waals surface area contributed by atoms with Gasteiger partial charge < -0.3 is 10.3 Å². The lowest BCUT2D eigenvalue weighted by Gasteiger charge is -2.32. The lowest BCUT2D eigenvalue weighted by atomic mass is 10.0. The summed E-state index contributed by atoms with van der Waals surface area (Å²) in [5.74, 6) is 0.513. The lowest BCUT2D eigenvalue weighted by molar-refractivity contribution is -0.124. The average Bonchev–Trinajstić information content (AvgIpc) is 2.97. The highest BCUT2D eigenvalue weighted by atomic mass is 16.5. The zero-order valence-corrected chi connectivity index (χ0v) is 11.9. The maximum absolute atomic E-state index is 11.5. The van der Waals surface area contributed by atoms with Gasteiger partial charge >= 0.3 is 0 Å². The third kappa shape index (κ3) is 3.13. The van der Waals surface area contributed by atoms with Gasteiger partial charge in [-0.15, -0.1) is 0 Å². The van der Waals surface area contributed by atoms with Crippen molar-refractivity contribution >= 4 is 5.91 Å². The Morgan fingerprint density at radius 2 is 2.14 bits per heavy atom. The fourth-order valence-corrected chi connectivity index (χ4v) is 2.84. The van der Waals surface area contributed by atoms with Gasteiger partial charge in [0.2, 0.25) is 5.91 Å². The number of benzene rings is 1. The Kier molecular flexibility index (Phi) is 4.01. The van der Waals surface area contributed by atoms with E-state index < -0.39 is 0 Å². The first-order valence-electron chi connectivity index (χ1n) is 7.28. The first kappa shape index (κ1) is 13.8. The Balaban J connectivity index is 1.73. The van der Waals surface area contributed by atoms with Crippen LogP contribution in [0.3, 0.4) is 0 Å². The van der Waals surface area contributed by atoms with Gasteiger partial charge in [0, 0.05) is 11.6 Å². The Morgan fingerprint density at radius 1 is 1.33 bits per heavy atom. The van der Waals surface area contributed by atoms with Gasteiger partial charge in [0.15, 0.2) is 5.76 Å². The molecule has 1 saturated heterocycles. The Hall–Kier alpha value is -2.14. The summed E-state index contributed by atoms with van der Waals surface area (Å²) in [6, 6.07) is 11.6. The molecule has 110 valence electrons. The summed E-state index contributed by atoms with van der Waals surface area (Å²) < 4.78 is 5.41. The molecule has 0 aliphatic carbocycles. The van der Waals surface area contributed by atoms with Gasteiger partial charge in [-0.1, -0.05) is 41.9 Å². The van der Waals surface area contributed by atoms with Crippen molar-refractivity contribution < 1.29 is 9.32 Å². The van der Waals surface area contributed by atoms with Crippen molar-refractivity contribution in [2.24, 2.45) is 5.73 Å². The highest BCUT2D eigenvalue weighted by Crippen LogP contribution is 2.23. The van der Waals surface area contributed by atoms with Crippen LogP contribution in [0.5, 0.6) is 0 Å². The maximum Gasteiger partial charge on any atom is 0.234 e. The molecule has 1 amide bonds. The Bertz CT molecular complexity index is 609. The highest BCUT2D eigenvalue weighted by molar-refractivity contribution is 5.79. The van der Waals surface area contributed by atoms with Crippen LogP contribution in [0, 0.1) is 0 Å². The van der Waals surface area contributed by atoms with E-state index in [0.717, 1.165) is 42.8 Å². The van der Waals surface area contributed by atoms with Crippen LogP contribution in [-0.4, -0.2) is 28.6 Å². The molecule has 0 bridgehead atoms. The van der Waals surface area contributed by atoms with Crippen molar-refractivity contribution in [3.8, 4) is 11.3 Å². The number of amides is 1. The number of piperidine rings is 1. The van der Waals surface area contributed by atoms with Crippen molar-refractivity contribution in [3.05, 3.63) is 42.2 Å². The molecule has 2 aromatic rings. The molecule has 0 spiro atoms. The van der Waals surface area contributed by atoms with Crippen molar-refractivity contribution in [2.75, 3.05) is 6.54 Å². The highest BCUT2D eigenvalue weighted by Gasteiger charge is 2.27. The number of nitrogens with zero attached hydrogens (tertiary/aromatic N) is 2. The Morgan fingerprint density at radius 3 is 2.90 bits per heavy atom. The second-order valence-corrected chi connectivity index (χ2v) is 5.43. The van der Waals surface area contributed by atoms with E-state index in [9.17, 15) is 4.79 Å². The quantitative estimate of drug-likeness (QED) is 0.934. The van der Waals surface area contributed by atoms with Crippen LogP contribution in [0.2, 0.25) is 0 Å². The van der Waals surface area contributed by atoms with Gasteiger partial charge in [0.1, 0.15) is 5.69 Å². The summed E-state index contributed by atoms with van der Waals surface area (Å²) in [5.41, 5.74) is 7.32. The molecule has 0 radical (unpaired) electrons. The third-order valence-electron chi connectivity index (χ3n) is 3.93. The largest absolute Gasteiger partial charge is 0.368 e. The minimum atomic E-state index is -0.252. The van der Waals surface area contributed by atoms with Crippen LogP contribution >= 0.6 is 0 Å². The number of aromatic nitrogens is 1. The number of likely N-dealkylation sites (tertiary alicyclic amines) is 1. The van der Waals surface area contributed by atoms with E-state index in [4.69, 9.17) is 10.3 Å². The predicted octanol–water partition coefficient (Wildman–Crippen LogP) is 2.18. The number of hydrogen-bond donors (Lipinski definition) is 1. The lowest BCUT2D eigenvalue weighted by Crippen LogP contribution is -2.47. The van der Waals surface area contributed by atoms with E-state index in [-0.39, 0.29) is 11.9 Å². The topological polar surface area (TPSA) is 72.4 Å². The number of rotatable bonds is 4. The van der Waals surface area contributed by atoms with Gasteiger partial charge in [-0.2, -0.15) is 0 Å². The standard InChI is InChI=1S/C16H19N3O2/c17-16(20)15-8-4-5-9-19(15)11-13-10-14(18-21-13)12-6-2-1-3-7-12/h1-3,6-7,10,15H,4-5,8-9,11H2,(H2,17,20). The normalized spacial score (nSPS) is 19.5. The molecular formula is C16H19N3O2. The molecule has 1 aromatic carbocycles. The number of carbonyl (C=O) groups is 1. The van der Waals surface area contributed by atoms with E-state index in [1.807, 2.05) is 36.4 Å². The minimum absolute atomic E-state index is 0.191. The molecule has 3 rings (SSSR count). The minimum Gasteiger partial charge on any atom is -0.368 e. The van der Waals surface area contributed by atoms with Gasteiger partial charge in [0.05, 0.1) is 12.6 Å². The molecule has 1 atom stereocenters. The number of nitrogens with two attached hydrogens (primary N) is 1. The van der Waals surface area contributed by atoms with E-state index in [1.165, 1.54) is 0 Å². The first-order chi connectivity index (χ1) is 10.2. The third-order valence-corrected chi connectivity index (χ3v) is 3.93. The van der Waals surface area contributed by atoms with E-state index in [0.29, 0.717) is 6.54 Å². The smallest absolute Gasteiger partial charge is 0.234 e. The number of primary amides is 1. The van der Waals surface area contributed by atoms with Crippen molar-refractivity contribution in [1.82, 2.24) is 10.1 Å². The Labute approximate surface area is 123 Å². The first-order valence-corrected chi connectivity index (χ1v) is 7.28. The number of hydrogen-bond acceptors (Lipinski definition) is 4. The summed E-state index contributed by atoms with van der Waals surface area (Å²) in [5, 5.41) is 4.10. The van der Waals surface area contributed by atoms with Gasteiger partial charge in [-0.05, 0) is 19.4 Å². The summed E-state index contributed by atoms with van der Waals surface area (Å²) in [4.78, 5) is 13.6. The molecule has 1 aliphatic heterocycles. The van der Waals surface area contributed by atoms with E-state index >= 15 is 0 Å². The molecule has 1 aliphatic rings.